The summed E-state index contributed by atoms with van der Waals surface area (Å²) in [5, 5.41) is 10.2. The number of fused-ring (bicyclic) bond motifs is 5. The molecule has 3 saturated carbocycles. The van der Waals surface area contributed by atoms with E-state index >= 15 is 0 Å². The minimum absolute atomic E-state index is 0.00216. The first-order valence-corrected chi connectivity index (χ1v) is 12.3. The van der Waals surface area contributed by atoms with Crippen molar-refractivity contribution >= 4 is 5.97 Å². The first-order valence-electron chi connectivity index (χ1n) is 12.3. The molecule has 0 heterocycles. The van der Waals surface area contributed by atoms with Crippen LogP contribution in [0, 0.1) is 34.5 Å². The summed E-state index contributed by atoms with van der Waals surface area (Å²) in [6, 6.07) is 0. The van der Waals surface area contributed by atoms with Gasteiger partial charge >= 0.3 is 5.97 Å². The van der Waals surface area contributed by atoms with Gasteiger partial charge in [0.25, 0.3) is 0 Å². The number of carbonyl (C=O) groups excluding carboxylic acids is 1. The molecule has 0 bridgehead atoms. The highest BCUT2D eigenvalue weighted by molar-refractivity contribution is 5.69. The van der Waals surface area contributed by atoms with Crippen LogP contribution in [0.4, 0.5) is 0 Å². The number of aliphatic hydroxyl groups is 1. The Morgan fingerprint density at radius 3 is 2.72 bits per heavy atom. The molecular formula is C26H42O3. The fourth-order valence-corrected chi connectivity index (χ4v) is 8.04. The zero-order valence-corrected chi connectivity index (χ0v) is 19.1. The van der Waals surface area contributed by atoms with E-state index in [0.717, 1.165) is 42.9 Å². The van der Waals surface area contributed by atoms with Gasteiger partial charge in [-0.05, 0) is 113 Å². The normalized spacial score (nSPS) is 43.9. The van der Waals surface area contributed by atoms with Crippen molar-refractivity contribution < 1.29 is 14.6 Å². The lowest BCUT2D eigenvalue weighted by Gasteiger charge is -2.58. The molecule has 29 heavy (non-hydrogen) atoms. The highest BCUT2D eigenvalue weighted by atomic mass is 16.5. The number of ether oxygens (including phenoxy) is 1. The first-order chi connectivity index (χ1) is 13.7. The summed E-state index contributed by atoms with van der Waals surface area (Å²) in [6.07, 6.45) is 14.9. The maximum atomic E-state index is 11.9. The third kappa shape index (κ3) is 3.82. The van der Waals surface area contributed by atoms with Crippen molar-refractivity contribution in [3.63, 3.8) is 0 Å². The van der Waals surface area contributed by atoms with Crippen LogP contribution in [-0.4, -0.2) is 23.3 Å². The third-order valence-electron chi connectivity index (χ3n) is 9.57. The van der Waals surface area contributed by atoms with Crippen LogP contribution in [0.2, 0.25) is 0 Å². The number of esters is 1. The van der Waals surface area contributed by atoms with E-state index < -0.39 is 0 Å². The molecule has 3 heteroatoms. The maximum Gasteiger partial charge on any atom is 0.306 e. The fraction of sp³-hybridized carbons (Fsp3) is 0.885. The van der Waals surface area contributed by atoms with E-state index in [-0.39, 0.29) is 18.2 Å². The molecule has 3 fully saturated rings. The van der Waals surface area contributed by atoms with Crippen LogP contribution in [0.25, 0.3) is 0 Å². The molecular weight excluding hydrogens is 360 g/mol. The van der Waals surface area contributed by atoms with Crippen molar-refractivity contribution in [2.24, 2.45) is 34.5 Å². The van der Waals surface area contributed by atoms with Crippen LogP contribution in [0.3, 0.4) is 0 Å². The van der Waals surface area contributed by atoms with Crippen molar-refractivity contribution in [1.29, 1.82) is 0 Å². The summed E-state index contributed by atoms with van der Waals surface area (Å²) in [4.78, 5) is 11.9. The lowest BCUT2D eigenvalue weighted by Crippen LogP contribution is -2.50. The highest BCUT2D eigenvalue weighted by Crippen LogP contribution is 2.66. The van der Waals surface area contributed by atoms with Crippen LogP contribution in [0.5, 0.6) is 0 Å². The molecule has 0 aromatic rings. The third-order valence-corrected chi connectivity index (χ3v) is 9.57. The number of carbonyl (C=O) groups is 1. The van der Waals surface area contributed by atoms with Crippen molar-refractivity contribution in [3.8, 4) is 0 Å². The molecule has 0 unspecified atom stereocenters. The summed E-state index contributed by atoms with van der Waals surface area (Å²) in [5.41, 5.74) is 2.36. The Morgan fingerprint density at radius 1 is 1.17 bits per heavy atom. The summed E-state index contributed by atoms with van der Waals surface area (Å²) >= 11 is 0. The average molecular weight is 403 g/mol. The average Bonchev–Trinajstić information content (AvgIpc) is 2.98. The van der Waals surface area contributed by atoms with E-state index in [2.05, 4.69) is 19.9 Å². The second kappa shape index (κ2) is 8.02. The molecule has 4 aliphatic rings. The largest absolute Gasteiger partial charge is 0.463 e. The SMILES string of the molecule is CC(C)OC(=O)CCC[C@H]1CC[C@H]2[C@@H]3CC=C4C[C@@H](O)CC[C@]4(C)[C@H]3CC[C@]12C. The number of hydrogen-bond acceptors (Lipinski definition) is 3. The Morgan fingerprint density at radius 2 is 1.97 bits per heavy atom. The molecule has 0 saturated heterocycles. The molecule has 4 aliphatic carbocycles. The molecule has 0 aliphatic heterocycles. The number of aliphatic hydroxyl groups excluding tert-OH is 1. The van der Waals surface area contributed by atoms with Gasteiger partial charge in [0.1, 0.15) is 0 Å². The standard InChI is InChI=1S/C26H42O3/c1-17(2)29-24(28)7-5-6-18-9-11-22-21-10-8-19-16-20(27)12-14-26(19,4)23(21)13-15-25(18,22)3/h8,17-18,20-23,27H,5-7,9-16H2,1-4H3/t18-,20-,21-,22-,23-,25+,26-/m0/s1. The lowest BCUT2D eigenvalue weighted by molar-refractivity contribution is -0.147. The molecule has 0 radical (unpaired) electrons. The highest BCUT2D eigenvalue weighted by Gasteiger charge is 2.58. The zero-order chi connectivity index (χ0) is 20.8. The topological polar surface area (TPSA) is 46.5 Å². The predicted octanol–water partition coefficient (Wildman–Crippen LogP) is 6.05. The fourth-order valence-electron chi connectivity index (χ4n) is 8.04. The Hall–Kier alpha value is -0.830. The molecule has 0 spiro atoms. The van der Waals surface area contributed by atoms with E-state index in [9.17, 15) is 9.90 Å². The lowest BCUT2D eigenvalue weighted by atomic mass is 9.47. The summed E-state index contributed by atoms with van der Waals surface area (Å²) in [5.74, 6) is 3.23. The monoisotopic (exact) mass is 402 g/mol. The van der Waals surface area contributed by atoms with Crippen LogP contribution >= 0.6 is 0 Å². The van der Waals surface area contributed by atoms with Gasteiger partial charge in [0.15, 0.2) is 0 Å². The Balaban J connectivity index is 1.41. The van der Waals surface area contributed by atoms with Gasteiger partial charge in [0.05, 0.1) is 12.2 Å². The quantitative estimate of drug-likeness (QED) is 0.450. The van der Waals surface area contributed by atoms with Gasteiger partial charge in [-0.25, -0.2) is 0 Å². The van der Waals surface area contributed by atoms with Crippen molar-refractivity contribution in [1.82, 2.24) is 0 Å². The van der Waals surface area contributed by atoms with E-state index in [1.54, 1.807) is 5.57 Å². The van der Waals surface area contributed by atoms with Crippen LogP contribution in [0.15, 0.2) is 11.6 Å². The minimum atomic E-state index is -0.113. The molecule has 7 atom stereocenters. The zero-order valence-electron chi connectivity index (χ0n) is 19.1. The van der Waals surface area contributed by atoms with Gasteiger partial charge in [-0.15, -0.1) is 0 Å². The smallest absolute Gasteiger partial charge is 0.306 e. The summed E-state index contributed by atoms with van der Waals surface area (Å²) < 4.78 is 5.32. The van der Waals surface area contributed by atoms with Gasteiger partial charge in [-0.2, -0.15) is 0 Å². The predicted molar refractivity (Wildman–Crippen MR) is 116 cm³/mol. The van der Waals surface area contributed by atoms with Gasteiger partial charge in [0, 0.05) is 6.42 Å². The van der Waals surface area contributed by atoms with E-state index in [4.69, 9.17) is 4.74 Å². The van der Waals surface area contributed by atoms with Gasteiger partial charge in [0.2, 0.25) is 0 Å². The van der Waals surface area contributed by atoms with Gasteiger partial charge in [-0.1, -0.05) is 25.5 Å². The Kier molecular flexibility index (Phi) is 5.92. The number of rotatable bonds is 5. The van der Waals surface area contributed by atoms with Crippen molar-refractivity contribution in [2.45, 2.75) is 111 Å². The second-order valence-electron chi connectivity index (χ2n) is 11.4. The number of hydrogen-bond donors (Lipinski definition) is 1. The Labute approximate surface area is 177 Å². The van der Waals surface area contributed by atoms with E-state index in [1.807, 2.05) is 13.8 Å². The second-order valence-corrected chi connectivity index (χ2v) is 11.4. The van der Waals surface area contributed by atoms with Crippen molar-refractivity contribution in [3.05, 3.63) is 11.6 Å². The first kappa shape index (κ1) is 21.4. The molecule has 3 nitrogen and oxygen atoms in total. The molecule has 0 aromatic heterocycles. The summed E-state index contributed by atoms with van der Waals surface area (Å²) in [6.45, 7) is 8.94. The van der Waals surface area contributed by atoms with Crippen molar-refractivity contribution in [2.75, 3.05) is 0 Å². The van der Waals surface area contributed by atoms with Gasteiger partial charge in [-0.3, -0.25) is 4.79 Å². The molecule has 164 valence electrons. The molecule has 1 N–H and O–H groups in total. The Bertz CT molecular complexity index is 652. The van der Waals surface area contributed by atoms with E-state index in [1.165, 1.54) is 44.9 Å². The van der Waals surface area contributed by atoms with E-state index in [0.29, 0.717) is 17.3 Å². The summed E-state index contributed by atoms with van der Waals surface area (Å²) in [7, 11) is 0. The number of allylic oxidation sites excluding steroid dienone is 1. The maximum absolute atomic E-state index is 11.9. The minimum Gasteiger partial charge on any atom is -0.463 e. The van der Waals surface area contributed by atoms with Crippen LogP contribution in [0.1, 0.15) is 98.3 Å². The molecule has 0 amide bonds. The molecule has 0 aromatic carbocycles. The molecule has 4 rings (SSSR count). The van der Waals surface area contributed by atoms with Crippen LogP contribution in [-0.2, 0) is 9.53 Å². The van der Waals surface area contributed by atoms with Crippen LogP contribution < -0.4 is 0 Å². The van der Waals surface area contributed by atoms with Gasteiger partial charge < -0.3 is 9.84 Å².